The molecular formula is C23H18F2N4O2. The van der Waals surface area contributed by atoms with Gasteiger partial charge in [-0.2, -0.15) is 0 Å². The Labute approximate surface area is 176 Å². The topological polar surface area (TPSA) is 69.2 Å². The molecule has 0 radical (unpaired) electrons. The maximum absolute atomic E-state index is 13.6. The molecule has 1 aromatic carbocycles. The molecule has 1 aliphatic rings. The summed E-state index contributed by atoms with van der Waals surface area (Å²) in [5.74, 6) is 0.00593. The summed E-state index contributed by atoms with van der Waals surface area (Å²) in [6.45, 7) is 1.01. The van der Waals surface area contributed by atoms with Crippen molar-refractivity contribution in [2.24, 2.45) is 0 Å². The number of rotatable bonds is 5. The van der Waals surface area contributed by atoms with Crippen molar-refractivity contribution in [2.75, 3.05) is 25.6 Å². The highest BCUT2D eigenvalue weighted by molar-refractivity contribution is 5.87. The summed E-state index contributed by atoms with van der Waals surface area (Å²) in [5, 5.41) is 3.40. The van der Waals surface area contributed by atoms with E-state index < -0.39 is 11.6 Å². The highest BCUT2D eigenvalue weighted by Gasteiger charge is 2.26. The summed E-state index contributed by atoms with van der Waals surface area (Å²) in [7, 11) is 1.59. The summed E-state index contributed by atoms with van der Waals surface area (Å²) >= 11 is 0. The maximum Gasteiger partial charge on any atom is 0.141 e. The van der Waals surface area contributed by atoms with Crippen LogP contribution in [0.3, 0.4) is 0 Å². The molecule has 4 heterocycles. The second-order valence-corrected chi connectivity index (χ2v) is 7.23. The molecule has 0 saturated heterocycles. The Balaban J connectivity index is 1.40. The summed E-state index contributed by atoms with van der Waals surface area (Å²) in [6, 6.07) is 10.6. The van der Waals surface area contributed by atoms with Gasteiger partial charge in [0.25, 0.3) is 0 Å². The maximum atomic E-state index is 13.6. The fraction of sp³-hybridized carbons (Fsp3) is 0.174. The number of hydrogen-bond acceptors (Lipinski definition) is 6. The van der Waals surface area contributed by atoms with Gasteiger partial charge >= 0.3 is 0 Å². The SMILES string of the molecule is COc1cnc2c(NCC3COc4ccc(-c5cc(F)cc(F)c5)nc43)ccnc2c1. The molecule has 0 aliphatic carbocycles. The molecule has 156 valence electrons. The van der Waals surface area contributed by atoms with Gasteiger partial charge in [-0.3, -0.25) is 4.98 Å². The van der Waals surface area contributed by atoms with Crippen LogP contribution in [0.1, 0.15) is 11.6 Å². The first-order chi connectivity index (χ1) is 15.1. The van der Waals surface area contributed by atoms with E-state index >= 15 is 0 Å². The lowest BCUT2D eigenvalue weighted by atomic mass is 10.0. The Kier molecular flexibility index (Phi) is 4.82. The molecular weight excluding hydrogens is 402 g/mol. The molecule has 0 amide bonds. The molecule has 1 aliphatic heterocycles. The standard InChI is InChI=1S/C23H18F2N4O2/c1-30-17-9-20-23(28-11-17)19(4-5-26-20)27-10-14-12-31-21-3-2-18(29-22(14)21)13-6-15(24)8-16(25)7-13/h2-9,11,14H,10,12H2,1H3,(H,26,27). The van der Waals surface area contributed by atoms with Crippen molar-refractivity contribution in [3.63, 3.8) is 0 Å². The number of halogens is 2. The van der Waals surface area contributed by atoms with Gasteiger partial charge in [0.15, 0.2) is 0 Å². The number of nitrogens with one attached hydrogen (secondary N) is 1. The Bertz CT molecular complexity index is 1260. The van der Waals surface area contributed by atoms with E-state index in [9.17, 15) is 8.78 Å². The minimum Gasteiger partial charge on any atom is -0.495 e. The van der Waals surface area contributed by atoms with Crippen molar-refractivity contribution in [1.82, 2.24) is 15.0 Å². The third-order valence-corrected chi connectivity index (χ3v) is 5.20. The van der Waals surface area contributed by atoms with Gasteiger partial charge in [-0.15, -0.1) is 0 Å². The number of hydrogen-bond donors (Lipinski definition) is 1. The lowest BCUT2D eigenvalue weighted by Crippen LogP contribution is -2.15. The lowest BCUT2D eigenvalue weighted by Gasteiger charge is -2.13. The Morgan fingerprint density at radius 1 is 1.10 bits per heavy atom. The van der Waals surface area contributed by atoms with Crippen molar-refractivity contribution in [2.45, 2.75) is 5.92 Å². The van der Waals surface area contributed by atoms with E-state index in [1.807, 2.05) is 12.1 Å². The summed E-state index contributed by atoms with van der Waals surface area (Å²) in [6.07, 6.45) is 3.36. The van der Waals surface area contributed by atoms with Crippen LogP contribution in [0.5, 0.6) is 11.5 Å². The molecule has 0 spiro atoms. The van der Waals surface area contributed by atoms with Gasteiger partial charge in [-0.25, -0.2) is 18.7 Å². The molecule has 1 unspecified atom stereocenters. The van der Waals surface area contributed by atoms with Crippen LogP contribution in [-0.2, 0) is 0 Å². The van der Waals surface area contributed by atoms with E-state index in [-0.39, 0.29) is 5.92 Å². The third-order valence-electron chi connectivity index (χ3n) is 5.20. The van der Waals surface area contributed by atoms with Crippen LogP contribution in [0.2, 0.25) is 0 Å². The molecule has 0 fully saturated rings. The number of anilines is 1. The summed E-state index contributed by atoms with van der Waals surface area (Å²) in [5.41, 5.74) is 3.93. The number of methoxy groups -OCH3 is 1. The van der Waals surface area contributed by atoms with E-state index in [2.05, 4.69) is 20.3 Å². The van der Waals surface area contributed by atoms with Gasteiger partial charge in [-0.05, 0) is 30.3 Å². The quantitative estimate of drug-likeness (QED) is 0.510. The number of ether oxygens (including phenoxy) is 2. The van der Waals surface area contributed by atoms with E-state index in [0.717, 1.165) is 28.5 Å². The van der Waals surface area contributed by atoms with E-state index in [1.54, 1.807) is 31.6 Å². The zero-order valence-electron chi connectivity index (χ0n) is 16.6. The number of nitrogens with zero attached hydrogens (tertiary/aromatic N) is 3. The molecule has 4 aromatic rings. The number of pyridine rings is 3. The van der Waals surface area contributed by atoms with Crippen LogP contribution in [0.4, 0.5) is 14.5 Å². The van der Waals surface area contributed by atoms with Crippen molar-refractivity contribution < 1.29 is 18.3 Å². The van der Waals surface area contributed by atoms with Crippen LogP contribution >= 0.6 is 0 Å². The summed E-state index contributed by atoms with van der Waals surface area (Å²) < 4.78 is 38.2. The van der Waals surface area contributed by atoms with E-state index in [0.29, 0.717) is 35.9 Å². The summed E-state index contributed by atoms with van der Waals surface area (Å²) in [4.78, 5) is 13.4. The molecule has 0 saturated carbocycles. The van der Waals surface area contributed by atoms with Crippen molar-refractivity contribution in [3.05, 3.63) is 72.2 Å². The van der Waals surface area contributed by atoms with Gasteiger partial charge in [-0.1, -0.05) is 0 Å². The number of benzene rings is 1. The third kappa shape index (κ3) is 3.72. The van der Waals surface area contributed by atoms with Crippen LogP contribution in [0.15, 0.2) is 54.9 Å². The smallest absolute Gasteiger partial charge is 0.141 e. The average Bonchev–Trinajstić information content (AvgIpc) is 3.18. The fourth-order valence-electron chi connectivity index (χ4n) is 3.66. The first-order valence-corrected chi connectivity index (χ1v) is 9.73. The Morgan fingerprint density at radius 2 is 1.94 bits per heavy atom. The normalized spacial score (nSPS) is 14.9. The number of aromatic nitrogens is 3. The van der Waals surface area contributed by atoms with Crippen molar-refractivity contribution in [1.29, 1.82) is 0 Å². The molecule has 8 heteroatoms. The fourth-order valence-corrected chi connectivity index (χ4v) is 3.66. The molecule has 3 aromatic heterocycles. The van der Waals surface area contributed by atoms with Gasteiger partial charge in [0, 0.05) is 30.4 Å². The largest absolute Gasteiger partial charge is 0.495 e. The van der Waals surface area contributed by atoms with Gasteiger partial charge in [0.2, 0.25) is 0 Å². The molecule has 5 rings (SSSR count). The average molecular weight is 420 g/mol. The molecule has 31 heavy (non-hydrogen) atoms. The Morgan fingerprint density at radius 3 is 2.74 bits per heavy atom. The van der Waals surface area contributed by atoms with Crippen molar-refractivity contribution >= 4 is 16.7 Å². The monoisotopic (exact) mass is 420 g/mol. The van der Waals surface area contributed by atoms with E-state index in [1.165, 1.54) is 12.1 Å². The zero-order valence-corrected chi connectivity index (χ0v) is 16.6. The van der Waals surface area contributed by atoms with Crippen molar-refractivity contribution in [3.8, 4) is 22.8 Å². The van der Waals surface area contributed by atoms with Crippen LogP contribution in [0, 0.1) is 11.6 Å². The van der Waals surface area contributed by atoms with Gasteiger partial charge in [0.1, 0.15) is 28.7 Å². The molecule has 1 atom stereocenters. The number of fused-ring (bicyclic) bond motifs is 2. The second kappa shape index (κ2) is 7.79. The van der Waals surface area contributed by atoms with Crippen LogP contribution in [-0.4, -0.2) is 35.2 Å². The first-order valence-electron chi connectivity index (χ1n) is 9.73. The van der Waals surface area contributed by atoms with Gasteiger partial charge in [0.05, 0.1) is 48.4 Å². The first kappa shape index (κ1) is 19.2. The van der Waals surface area contributed by atoms with Crippen LogP contribution < -0.4 is 14.8 Å². The Hall–Kier alpha value is -3.81. The highest BCUT2D eigenvalue weighted by atomic mass is 19.1. The zero-order chi connectivity index (χ0) is 21.4. The second-order valence-electron chi connectivity index (χ2n) is 7.23. The predicted octanol–water partition coefficient (Wildman–Crippen LogP) is 4.57. The van der Waals surface area contributed by atoms with E-state index in [4.69, 9.17) is 9.47 Å². The minimum absolute atomic E-state index is 0.0326. The minimum atomic E-state index is -0.638. The molecule has 6 nitrogen and oxygen atoms in total. The predicted molar refractivity (Wildman–Crippen MR) is 112 cm³/mol. The van der Waals surface area contributed by atoms with Crippen LogP contribution in [0.25, 0.3) is 22.3 Å². The lowest BCUT2D eigenvalue weighted by molar-refractivity contribution is 0.334. The highest BCUT2D eigenvalue weighted by Crippen LogP contribution is 2.35. The van der Waals surface area contributed by atoms with Gasteiger partial charge < -0.3 is 14.8 Å². The molecule has 1 N–H and O–H groups in total. The molecule has 0 bridgehead atoms.